The molecule has 0 aromatic carbocycles. The Kier molecular flexibility index (Phi) is 5.51. The van der Waals surface area contributed by atoms with Crippen LogP contribution < -0.4 is 5.32 Å². The fourth-order valence-corrected chi connectivity index (χ4v) is 3.71. The Hall–Kier alpha value is -1.23. The molecule has 0 radical (unpaired) electrons. The van der Waals surface area contributed by atoms with Crippen molar-refractivity contribution in [3.8, 4) is 0 Å². The molecule has 0 aliphatic carbocycles. The summed E-state index contributed by atoms with van der Waals surface area (Å²) in [5, 5.41) is 3.22. The molecule has 2 rings (SSSR count). The Balaban J connectivity index is 2.25. The van der Waals surface area contributed by atoms with Crippen LogP contribution in [0, 0.1) is 0 Å². The molecule has 1 aliphatic heterocycles. The Labute approximate surface area is 131 Å². The first kappa shape index (κ1) is 16.1. The summed E-state index contributed by atoms with van der Waals surface area (Å²) in [5.41, 5.74) is 1.70. The van der Waals surface area contributed by atoms with Gasteiger partial charge in [-0.25, -0.2) is 4.98 Å². The zero-order valence-electron chi connectivity index (χ0n) is 13.3. The van der Waals surface area contributed by atoms with Gasteiger partial charge in [0.2, 0.25) is 0 Å². The van der Waals surface area contributed by atoms with Crippen LogP contribution in [0.3, 0.4) is 0 Å². The van der Waals surface area contributed by atoms with Gasteiger partial charge in [-0.3, -0.25) is 4.79 Å². The first-order chi connectivity index (χ1) is 10.0. The number of carbonyl (C=O) groups is 1. The second-order valence-electron chi connectivity index (χ2n) is 5.78. The van der Waals surface area contributed by atoms with Gasteiger partial charge in [0, 0.05) is 36.6 Å². The Morgan fingerprint density at radius 1 is 1.52 bits per heavy atom. The van der Waals surface area contributed by atoms with E-state index in [-0.39, 0.29) is 5.91 Å². The van der Waals surface area contributed by atoms with Gasteiger partial charge in [-0.2, -0.15) is 11.8 Å². The van der Waals surface area contributed by atoms with Gasteiger partial charge in [-0.15, -0.1) is 0 Å². The molecule has 0 bridgehead atoms. The second-order valence-corrected chi connectivity index (χ2v) is 6.93. The van der Waals surface area contributed by atoms with Crippen LogP contribution in [0.2, 0.25) is 0 Å². The summed E-state index contributed by atoms with van der Waals surface area (Å²) in [6.07, 6.45) is 1.09. The lowest BCUT2D eigenvalue weighted by Crippen LogP contribution is -2.37. The highest BCUT2D eigenvalue weighted by molar-refractivity contribution is 7.99. The van der Waals surface area contributed by atoms with Gasteiger partial charge in [0.25, 0.3) is 5.91 Å². The maximum atomic E-state index is 12.7. The zero-order chi connectivity index (χ0) is 15.4. The number of anilines is 1. The van der Waals surface area contributed by atoms with E-state index in [9.17, 15) is 4.79 Å². The van der Waals surface area contributed by atoms with Crippen molar-refractivity contribution in [1.82, 2.24) is 9.88 Å². The van der Waals surface area contributed by atoms with Crippen molar-refractivity contribution in [2.45, 2.75) is 39.2 Å². The first-order valence-corrected chi connectivity index (χ1v) is 8.79. The highest BCUT2D eigenvalue weighted by atomic mass is 32.2. The minimum absolute atomic E-state index is 0.103. The molecule has 0 saturated carbocycles. The fourth-order valence-electron chi connectivity index (χ4n) is 2.44. The lowest BCUT2D eigenvalue weighted by molar-refractivity contribution is 0.0747. The predicted molar refractivity (Wildman–Crippen MR) is 90.3 cm³/mol. The molecule has 1 amide bonds. The van der Waals surface area contributed by atoms with Gasteiger partial charge in [0.15, 0.2) is 0 Å². The van der Waals surface area contributed by atoms with E-state index in [1.807, 2.05) is 42.8 Å². The van der Waals surface area contributed by atoms with Crippen molar-refractivity contribution >= 4 is 23.5 Å². The van der Waals surface area contributed by atoms with Crippen LogP contribution in [0.25, 0.3) is 0 Å². The van der Waals surface area contributed by atoms with E-state index >= 15 is 0 Å². The summed E-state index contributed by atoms with van der Waals surface area (Å²) in [6, 6.07) is 4.17. The maximum absolute atomic E-state index is 12.7. The van der Waals surface area contributed by atoms with Crippen LogP contribution in [0.5, 0.6) is 0 Å². The van der Waals surface area contributed by atoms with Crippen molar-refractivity contribution in [3.63, 3.8) is 0 Å². The quantitative estimate of drug-likeness (QED) is 0.907. The second kappa shape index (κ2) is 7.16. The lowest BCUT2D eigenvalue weighted by atomic mass is 10.1. The van der Waals surface area contributed by atoms with E-state index < -0.39 is 0 Å². The lowest BCUT2D eigenvalue weighted by Gasteiger charge is -2.24. The van der Waals surface area contributed by atoms with Crippen molar-refractivity contribution in [2.24, 2.45) is 0 Å². The van der Waals surface area contributed by atoms with Crippen molar-refractivity contribution in [2.75, 3.05) is 30.4 Å². The molecule has 1 atom stereocenters. The summed E-state index contributed by atoms with van der Waals surface area (Å²) < 4.78 is 0. The molecule has 2 heterocycles. The monoisotopic (exact) mass is 307 g/mol. The minimum Gasteiger partial charge on any atom is -0.370 e. The molecule has 1 fully saturated rings. The standard InChI is InChI=1S/C16H25N3OS/c1-5-17-15-9-12(8-14(18-15)11(2)3)16(20)19(4)13-6-7-21-10-13/h8-9,11,13H,5-7,10H2,1-4H3,(H,17,18). The average molecular weight is 307 g/mol. The molecule has 1 aliphatic rings. The molecule has 21 heavy (non-hydrogen) atoms. The van der Waals surface area contributed by atoms with Crippen LogP contribution in [0.4, 0.5) is 5.82 Å². The highest BCUT2D eigenvalue weighted by Gasteiger charge is 2.25. The SMILES string of the molecule is CCNc1cc(C(=O)N(C)C2CCSC2)cc(C(C)C)n1. The minimum atomic E-state index is 0.103. The first-order valence-electron chi connectivity index (χ1n) is 7.63. The third-order valence-electron chi connectivity index (χ3n) is 3.82. The van der Waals surface area contributed by atoms with Gasteiger partial charge in [-0.05, 0) is 37.1 Å². The molecule has 5 heteroatoms. The van der Waals surface area contributed by atoms with Crippen LogP contribution in [-0.4, -0.2) is 46.9 Å². The molecule has 116 valence electrons. The Morgan fingerprint density at radius 3 is 2.86 bits per heavy atom. The smallest absolute Gasteiger partial charge is 0.254 e. The average Bonchev–Trinajstić information content (AvgIpc) is 2.99. The van der Waals surface area contributed by atoms with Crippen LogP contribution >= 0.6 is 11.8 Å². The molecule has 1 N–H and O–H groups in total. The normalized spacial score (nSPS) is 18.0. The zero-order valence-corrected chi connectivity index (χ0v) is 14.2. The van der Waals surface area contributed by atoms with Crippen molar-refractivity contribution in [3.05, 3.63) is 23.4 Å². The van der Waals surface area contributed by atoms with E-state index in [1.165, 1.54) is 0 Å². The summed E-state index contributed by atoms with van der Waals surface area (Å²) in [7, 11) is 1.92. The number of rotatable bonds is 5. The van der Waals surface area contributed by atoms with E-state index in [0.717, 1.165) is 41.5 Å². The fraction of sp³-hybridized carbons (Fsp3) is 0.625. The molecule has 1 aromatic rings. The summed E-state index contributed by atoms with van der Waals surface area (Å²) >= 11 is 1.92. The van der Waals surface area contributed by atoms with Gasteiger partial charge in [-0.1, -0.05) is 13.8 Å². The van der Waals surface area contributed by atoms with Gasteiger partial charge in [0.05, 0.1) is 0 Å². The number of pyridine rings is 1. The van der Waals surface area contributed by atoms with Crippen LogP contribution in [0.15, 0.2) is 12.1 Å². The number of nitrogens with zero attached hydrogens (tertiary/aromatic N) is 2. The predicted octanol–water partition coefficient (Wildman–Crippen LogP) is 3.21. The summed E-state index contributed by atoms with van der Waals surface area (Å²) in [6.45, 7) is 7.04. The largest absolute Gasteiger partial charge is 0.370 e. The number of aromatic nitrogens is 1. The van der Waals surface area contributed by atoms with Gasteiger partial charge in [0.1, 0.15) is 5.82 Å². The van der Waals surface area contributed by atoms with E-state index in [0.29, 0.717) is 12.0 Å². The van der Waals surface area contributed by atoms with Crippen molar-refractivity contribution < 1.29 is 4.79 Å². The third kappa shape index (κ3) is 3.90. The summed E-state index contributed by atoms with van der Waals surface area (Å²) in [4.78, 5) is 19.2. The summed E-state index contributed by atoms with van der Waals surface area (Å²) in [5.74, 6) is 3.40. The molecule has 1 aromatic heterocycles. The number of hydrogen-bond acceptors (Lipinski definition) is 4. The molecular weight excluding hydrogens is 282 g/mol. The third-order valence-corrected chi connectivity index (χ3v) is 4.96. The molecular formula is C16H25N3OS. The van der Waals surface area contributed by atoms with E-state index in [4.69, 9.17) is 0 Å². The topological polar surface area (TPSA) is 45.2 Å². The molecule has 4 nitrogen and oxygen atoms in total. The molecule has 1 saturated heterocycles. The Bertz CT molecular complexity index is 498. The number of carbonyl (C=O) groups excluding carboxylic acids is 1. The highest BCUT2D eigenvalue weighted by Crippen LogP contribution is 2.24. The van der Waals surface area contributed by atoms with Gasteiger partial charge >= 0.3 is 0 Å². The van der Waals surface area contributed by atoms with Crippen molar-refractivity contribution in [1.29, 1.82) is 0 Å². The maximum Gasteiger partial charge on any atom is 0.254 e. The molecule has 1 unspecified atom stereocenters. The number of amides is 1. The van der Waals surface area contributed by atoms with Crippen LogP contribution in [-0.2, 0) is 0 Å². The van der Waals surface area contributed by atoms with E-state index in [2.05, 4.69) is 24.1 Å². The number of hydrogen-bond donors (Lipinski definition) is 1. The van der Waals surface area contributed by atoms with Crippen LogP contribution in [0.1, 0.15) is 49.2 Å². The number of nitrogens with one attached hydrogen (secondary N) is 1. The molecule has 0 spiro atoms. The Morgan fingerprint density at radius 2 is 2.29 bits per heavy atom. The number of thioether (sulfide) groups is 1. The van der Waals surface area contributed by atoms with Gasteiger partial charge < -0.3 is 10.2 Å². The van der Waals surface area contributed by atoms with E-state index in [1.54, 1.807) is 0 Å².